The second kappa shape index (κ2) is 8.63. The first-order valence-corrected chi connectivity index (χ1v) is 8.96. The largest absolute Gasteiger partial charge is 0.376 e. The first kappa shape index (κ1) is 18.1. The second-order valence-electron chi connectivity index (χ2n) is 6.60. The number of carbonyl (C=O) groups excluding carboxylic acids is 2. The molecule has 3 rings (SSSR count). The van der Waals surface area contributed by atoms with Gasteiger partial charge in [-0.05, 0) is 37.5 Å². The molecular formula is C21H24N2O3. The van der Waals surface area contributed by atoms with E-state index < -0.39 is 0 Å². The Kier molecular flexibility index (Phi) is 6.02. The van der Waals surface area contributed by atoms with E-state index in [2.05, 4.69) is 10.6 Å². The number of para-hydroxylation sites is 1. The molecule has 2 N–H and O–H groups in total. The molecule has 1 saturated heterocycles. The summed E-state index contributed by atoms with van der Waals surface area (Å²) in [6.45, 7) is 3.26. The van der Waals surface area contributed by atoms with Crippen molar-refractivity contribution in [3.8, 4) is 0 Å². The van der Waals surface area contributed by atoms with E-state index in [4.69, 9.17) is 4.74 Å². The van der Waals surface area contributed by atoms with Gasteiger partial charge in [0.25, 0.3) is 5.91 Å². The van der Waals surface area contributed by atoms with E-state index in [0.29, 0.717) is 17.8 Å². The number of amides is 2. The fourth-order valence-corrected chi connectivity index (χ4v) is 2.98. The summed E-state index contributed by atoms with van der Waals surface area (Å²) < 4.78 is 5.52. The highest BCUT2D eigenvalue weighted by molar-refractivity contribution is 6.04. The van der Waals surface area contributed by atoms with Gasteiger partial charge in [-0.15, -0.1) is 0 Å². The van der Waals surface area contributed by atoms with Crippen LogP contribution in [0.4, 0.5) is 5.69 Å². The molecule has 0 bridgehead atoms. The minimum Gasteiger partial charge on any atom is -0.376 e. The normalized spacial score (nSPS) is 16.3. The van der Waals surface area contributed by atoms with Gasteiger partial charge in [-0.1, -0.05) is 42.0 Å². The Hall–Kier alpha value is -2.66. The van der Waals surface area contributed by atoms with Gasteiger partial charge >= 0.3 is 0 Å². The summed E-state index contributed by atoms with van der Waals surface area (Å²) >= 11 is 0. The predicted molar refractivity (Wildman–Crippen MR) is 101 cm³/mol. The van der Waals surface area contributed by atoms with Crippen molar-refractivity contribution >= 4 is 17.5 Å². The molecule has 2 aromatic carbocycles. The van der Waals surface area contributed by atoms with Crippen LogP contribution in [0.2, 0.25) is 0 Å². The van der Waals surface area contributed by atoms with Crippen LogP contribution in [-0.2, 0) is 16.0 Å². The third-order valence-electron chi connectivity index (χ3n) is 4.45. The van der Waals surface area contributed by atoms with E-state index in [1.807, 2.05) is 31.2 Å². The lowest BCUT2D eigenvalue weighted by atomic mass is 10.1. The predicted octanol–water partition coefficient (Wildman–Crippen LogP) is 3.09. The van der Waals surface area contributed by atoms with E-state index in [0.717, 1.165) is 30.6 Å². The van der Waals surface area contributed by atoms with E-state index in [9.17, 15) is 9.59 Å². The van der Waals surface area contributed by atoms with Crippen LogP contribution in [0, 0.1) is 6.92 Å². The van der Waals surface area contributed by atoms with Crippen LogP contribution in [0.3, 0.4) is 0 Å². The topological polar surface area (TPSA) is 67.4 Å². The SMILES string of the molecule is Cc1ccc(CC(=O)Nc2ccccc2C(=O)NC[C@H]2CCCO2)cc1. The number of hydrogen-bond donors (Lipinski definition) is 2. The molecule has 2 aromatic rings. The molecule has 0 spiro atoms. The van der Waals surface area contributed by atoms with E-state index in [1.165, 1.54) is 0 Å². The molecule has 0 aromatic heterocycles. The molecule has 1 aliphatic rings. The van der Waals surface area contributed by atoms with Crippen molar-refractivity contribution < 1.29 is 14.3 Å². The Morgan fingerprint density at radius 2 is 1.88 bits per heavy atom. The lowest BCUT2D eigenvalue weighted by Crippen LogP contribution is -2.32. The van der Waals surface area contributed by atoms with Crippen molar-refractivity contribution in [3.63, 3.8) is 0 Å². The van der Waals surface area contributed by atoms with E-state index in [-0.39, 0.29) is 24.3 Å². The fourth-order valence-electron chi connectivity index (χ4n) is 2.98. The van der Waals surface area contributed by atoms with Gasteiger partial charge in [0, 0.05) is 13.2 Å². The molecule has 5 nitrogen and oxygen atoms in total. The summed E-state index contributed by atoms with van der Waals surface area (Å²) in [7, 11) is 0. The van der Waals surface area contributed by atoms with E-state index in [1.54, 1.807) is 24.3 Å². The van der Waals surface area contributed by atoms with Gasteiger partial charge in [0.05, 0.1) is 23.8 Å². The van der Waals surface area contributed by atoms with Crippen molar-refractivity contribution in [3.05, 3.63) is 65.2 Å². The average Bonchev–Trinajstić information content (AvgIpc) is 3.16. The van der Waals surface area contributed by atoms with Crippen LogP contribution >= 0.6 is 0 Å². The summed E-state index contributed by atoms with van der Waals surface area (Å²) in [5.41, 5.74) is 3.08. The van der Waals surface area contributed by atoms with E-state index >= 15 is 0 Å². The van der Waals surface area contributed by atoms with Gasteiger partial charge in [-0.25, -0.2) is 0 Å². The summed E-state index contributed by atoms with van der Waals surface area (Å²) in [6, 6.07) is 14.9. The summed E-state index contributed by atoms with van der Waals surface area (Å²) in [4.78, 5) is 24.8. The molecule has 1 fully saturated rings. The highest BCUT2D eigenvalue weighted by atomic mass is 16.5. The van der Waals surface area contributed by atoms with Crippen molar-refractivity contribution in [2.75, 3.05) is 18.5 Å². The number of ether oxygens (including phenoxy) is 1. The second-order valence-corrected chi connectivity index (χ2v) is 6.60. The summed E-state index contributed by atoms with van der Waals surface area (Å²) in [5, 5.41) is 5.75. The van der Waals surface area contributed by atoms with Crippen LogP contribution in [0.25, 0.3) is 0 Å². The molecule has 136 valence electrons. The van der Waals surface area contributed by atoms with Gasteiger partial charge in [0.15, 0.2) is 0 Å². The van der Waals surface area contributed by atoms with Crippen LogP contribution in [0.5, 0.6) is 0 Å². The van der Waals surface area contributed by atoms with Gasteiger partial charge in [0.2, 0.25) is 5.91 Å². The van der Waals surface area contributed by atoms with Crippen LogP contribution in [0.15, 0.2) is 48.5 Å². The number of hydrogen-bond acceptors (Lipinski definition) is 3. The molecule has 2 amide bonds. The molecule has 1 aliphatic heterocycles. The Morgan fingerprint density at radius 1 is 1.12 bits per heavy atom. The Labute approximate surface area is 153 Å². The number of aryl methyl sites for hydroxylation is 1. The lowest BCUT2D eigenvalue weighted by molar-refractivity contribution is -0.115. The Bertz CT molecular complexity index is 765. The molecular weight excluding hydrogens is 328 g/mol. The number of anilines is 1. The zero-order chi connectivity index (χ0) is 18.4. The molecule has 1 atom stereocenters. The maximum Gasteiger partial charge on any atom is 0.253 e. The van der Waals surface area contributed by atoms with Crippen molar-refractivity contribution in [1.29, 1.82) is 0 Å². The Morgan fingerprint density at radius 3 is 2.62 bits per heavy atom. The zero-order valence-corrected chi connectivity index (χ0v) is 15.0. The quantitative estimate of drug-likeness (QED) is 0.839. The van der Waals surface area contributed by atoms with Crippen LogP contribution in [0.1, 0.15) is 34.3 Å². The maximum absolute atomic E-state index is 12.5. The summed E-state index contributed by atoms with van der Waals surface area (Å²) in [6.07, 6.45) is 2.36. The smallest absolute Gasteiger partial charge is 0.253 e. The van der Waals surface area contributed by atoms with Crippen LogP contribution < -0.4 is 10.6 Å². The summed E-state index contributed by atoms with van der Waals surface area (Å²) in [5.74, 6) is -0.347. The molecule has 0 saturated carbocycles. The average molecular weight is 352 g/mol. The molecule has 0 unspecified atom stereocenters. The van der Waals surface area contributed by atoms with Crippen molar-refractivity contribution in [2.45, 2.75) is 32.3 Å². The number of rotatable bonds is 6. The van der Waals surface area contributed by atoms with Crippen molar-refractivity contribution in [2.24, 2.45) is 0 Å². The van der Waals surface area contributed by atoms with Crippen molar-refractivity contribution in [1.82, 2.24) is 5.32 Å². The highest BCUT2D eigenvalue weighted by Crippen LogP contribution is 2.17. The van der Waals surface area contributed by atoms with Crippen LogP contribution in [-0.4, -0.2) is 31.1 Å². The van der Waals surface area contributed by atoms with Gasteiger partial charge in [-0.2, -0.15) is 0 Å². The first-order chi connectivity index (χ1) is 12.6. The zero-order valence-electron chi connectivity index (χ0n) is 15.0. The number of carbonyl (C=O) groups is 2. The molecule has 5 heteroatoms. The highest BCUT2D eigenvalue weighted by Gasteiger charge is 2.18. The molecule has 1 heterocycles. The monoisotopic (exact) mass is 352 g/mol. The van der Waals surface area contributed by atoms with Gasteiger partial charge in [-0.3, -0.25) is 9.59 Å². The third kappa shape index (κ3) is 4.92. The molecule has 0 aliphatic carbocycles. The van der Waals surface area contributed by atoms with Gasteiger partial charge < -0.3 is 15.4 Å². The number of nitrogens with one attached hydrogen (secondary N) is 2. The van der Waals surface area contributed by atoms with Gasteiger partial charge in [0.1, 0.15) is 0 Å². The molecule has 26 heavy (non-hydrogen) atoms. The maximum atomic E-state index is 12.5. The number of benzene rings is 2. The third-order valence-corrected chi connectivity index (χ3v) is 4.45. The minimum atomic E-state index is -0.202. The Balaban J connectivity index is 1.61. The lowest BCUT2D eigenvalue weighted by Gasteiger charge is -2.14. The standard InChI is InChI=1S/C21H24N2O3/c1-15-8-10-16(11-9-15)13-20(24)23-19-7-3-2-6-18(19)21(25)22-14-17-5-4-12-26-17/h2-3,6-11,17H,4-5,12-14H2,1H3,(H,22,25)(H,23,24)/t17-/m1/s1. The first-order valence-electron chi connectivity index (χ1n) is 8.96. The fraction of sp³-hybridized carbons (Fsp3) is 0.333. The minimum absolute atomic E-state index is 0.0854. The molecule has 0 radical (unpaired) electrons.